The van der Waals surface area contributed by atoms with Gasteiger partial charge in [-0.3, -0.25) is 0 Å². The van der Waals surface area contributed by atoms with E-state index < -0.39 is 0 Å². The summed E-state index contributed by atoms with van der Waals surface area (Å²) in [7, 11) is 1.72. The fourth-order valence-corrected chi connectivity index (χ4v) is 3.95. The van der Waals surface area contributed by atoms with Gasteiger partial charge >= 0.3 is 0 Å². The van der Waals surface area contributed by atoms with Gasteiger partial charge in [0.05, 0.1) is 7.11 Å². The minimum absolute atomic E-state index is 0.926. The van der Waals surface area contributed by atoms with Crippen molar-refractivity contribution >= 4 is 17.7 Å². The Morgan fingerprint density at radius 1 is 0.875 bits per heavy atom. The topological polar surface area (TPSA) is 15.5 Å². The second-order valence-corrected chi connectivity index (χ2v) is 6.86. The van der Waals surface area contributed by atoms with Crippen LogP contribution in [0.1, 0.15) is 27.8 Å². The molecule has 0 amide bonds. The number of anilines is 1. The molecule has 3 heteroatoms. The van der Waals surface area contributed by atoms with E-state index in [1.54, 1.807) is 7.11 Å². The molecule has 0 aliphatic carbocycles. The van der Waals surface area contributed by atoms with Crippen LogP contribution in [0.4, 0.5) is 11.4 Å². The highest BCUT2D eigenvalue weighted by molar-refractivity contribution is 5.82. The number of nitrogens with zero attached hydrogens (tertiary/aromatic N) is 2. The molecule has 0 atom stereocenters. The first-order valence-electron chi connectivity index (χ1n) is 8.52. The molecule has 2 aromatic carbocycles. The first-order valence-corrected chi connectivity index (χ1v) is 8.52. The average molecular weight is 323 g/mol. The third-order valence-corrected chi connectivity index (χ3v) is 4.77. The fourth-order valence-electron chi connectivity index (χ4n) is 3.95. The quantitative estimate of drug-likeness (QED) is 0.777. The zero-order valence-electron chi connectivity index (χ0n) is 15.6. The highest BCUT2D eigenvalue weighted by Crippen LogP contribution is 2.31. The van der Waals surface area contributed by atoms with Crippen molar-refractivity contribution in [2.45, 2.75) is 34.6 Å². The number of benzene rings is 2. The lowest BCUT2D eigenvalue weighted by molar-refractivity contribution is -0.425. The second-order valence-electron chi connectivity index (χ2n) is 6.86. The van der Waals surface area contributed by atoms with Crippen LogP contribution in [-0.4, -0.2) is 31.1 Å². The summed E-state index contributed by atoms with van der Waals surface area (Å²) in [6.45, 7) is 12.9. The molecule has 126 valence electrons. The van der Waals surface area contributed by atoms with E-state index >= 15 is 0 Å². The average Bonchev–Trinajstić information content (AvgIpc) is 2.94. The fraction of sp³-hybridized carbons (Fsp3) is 0.381. The van der Waals surface area contributed by atoms with Gasteiger partial charge in [0.25, 0.3) is 0 Å². The lowest BCUT2D eigenvalue weighted by Gasteiger charge is -2.14. The van der Waals surface area contributed by atoms with Crippen LogP contribution in [0.15, 0.2) is 24.3 Å². The van der Waals surface area contributed by atoms with E-state index in [-0.39, 0.29) is 0 Å². The molecule has 0 aromatic heterocycles. The van der Waals surface area contributed by atoms with Crippen molar-refractivity contribution in [3.8, 4) is 5.75 Å². The van der Waals surface area contributed by atoms with Gasteiger partial charge in [-0.15, -0.1) is 0 Å². The summed E-state index contributed by atoms with van der Waals surface area (Å²) in [6.07, 6.45) is 2.26. The number of ether oxygens (including phenoxy) is 1. The predicted molar refractivity (Wildman–Crippen MR) is 101 cm³/mol. The summed E-state index contributed by atoms with van der Waals surface area (Å²) in [4.78, 5) is 2.36. The van der Waals surface area contributed by atoms with E-state index in [1.165, 1.54) is 39.2 Å². The zero-order chi connectivity index (χ0) is 17.4. The molecule has 1 heterocycles. The molecular formula is C21H27N2O+. The van der Waals surface area contributed by atoms with Gasteiger partial charge in [-0.2, -0.15) is 0 Å². The van der Waals surface area contributed by atoms with Gasteiger partial charge in [-0.25, -0.2) is 9.48 Å². The first-order chi connectivity index (χ1) is 11.4. The maximum absolute atomic E-state index is 5.39. The van der Waals surface area contributed by atoms with E-state index in [0.29, 0.717) is 0 Å². The van der Waals surface area contributed by atoms with Crippen molar-refractivity contribution in [3.63, 3.8) is 0 Å². The Morgan fingerprint density at radius 3 is 2.00 bits per heavy atom. The number of hydrogen-bond donors (Lipinski definition) is 0. The number of methoxy groups -OCH3 is 1. The van der Waals surface area contributed by atoms with Crippen LogP contribution in [0.2, 0.25) is 0 Å². The van der Waals surface area contributed by atoms with Crippen LogP contribution in [-0.2, 0) is 0 Å². The van der Waals surface area contributed by atoms with E-state index in [1.807, 2.05) is 0 Å². The SMILES string of the molecule is COc1cc(C)c(N2C=[N+](c3c(C)cc(C)cc3C)CC2)c(C)c1. The third kappa shape index (κ3) is 2.91. The van der Waals surface area contributed by atoms with Crippen LogP contribution in [0.3, 0.4) is 0 Å². The van der Waals surface area contributed by atoms with Crippen molar-refractivity contribution in [2.75, 3.05) is 25.1 Å². The van der Waals surface area contributed by atoms with Gasteiger partial charge < -0.3 is 4.74 Å². The molecule has 2 aromatic rings. The van der Waals surface area contributed by atoms with Gasteiger partial charge in [0.2, 0.25) is 6.34 Å². The summed E-state index contributed by atoms with van der Waals surface area (Å²) >= 11 is 0. The Morgan fingerprint density at radius 2 is 1.46 bits per heavy atom. The van der Waals surface area contributed by atoms with E-state index in [0.717, 1.165) is 18.8 Å². The van der Waals surface area contributed by atoms with Crippen molar-refractivity contribution in [1.82, 2.24) is 0 Å². The molecule has 0 fully saturated rings. The highest BCUT2D eigenvalue weighted by atomic mass is 16.5. The van der Waals surface area contributed by atoms with Gasteiger partial charge in [-0.05, 0) is 69.0 Å². The molecule has 0 saturated carbocycles. The third-order valence-electron chi connectivity index (χ3n) is 4.77. The molecule has 0 saturated heterocycles. The largest absolute Gasteiger partial charge is 0.497 e. The Labute approximate surface area is 145 Å². The summed E-state index contributed by atoms with van der Waals surface area (Å²) in [5, 5.41) is 0. The maximum Gasteiger partial charge on any atom is 0.244 e. The van der Waals surface area contributed by atoms with E-state index in [9.17, 15) is 0 Å². The van der Waals surface area contributed by atoms with Crippen molar-refractivity contribution in [1.29, 1.82) is 0 Å². The van der Waals surface area contributed by atoms with Gasteiger partial charge in [0.1, 0.15) is 30.2 Å². The summed E-state index contributed by atoms with van der Waals surface area (Å²) in [5.74, 6) is 0.926. The maximum atomic E-state index is 5.39. The smallest absolute Gasteiger partial charge is 0.244 e. The monoisotopic (exact) mass is 323 g/mol. The molecule has 3 rings (SSSR count). The number of rotatable bonds is 3. The van der Waals surface area contributed by atoms with E-state index in [2.05, 4.69) is 74.7 Å². The summed E-state index contributed by atoms with van der Waals surface area (Å²) < 4.78 is 7.77. The van der Waals surface area contributed by atoms with Gasteiger partial charge in [-0.1, -0.05) is 17.7 Å². The molecule has 0 bridgehead atoms. The normalized spacial score (nSPS) is 14.1. The molecular weight excluding hydrogens is 296 g/mol. The standard InChI is InChI=1S/C21H27N2O/c1-14-9-15(2)20(16(3)10-14)22-7-8-23(13-22)21-17(4)11-19(24-6)12-18(21)5/h9-13H,7-8H2,1-6H3/q+1. The van der Waals surface area contributed by atoms with Gasteiger partial charge in [0, 0.05) is 0 Å². The highest BCUT2D eigenvalue weighted by Gasteiger charge is 2.27. The Bertz CT molecular complexity index is 775. The Hall–Kier alpha value is -2.29. The molecule has 0 spiro atoms. The predicted octanol–water partition coefficient (Wildman–Crippen LogP) is 4.43. The number of aryl methyl sites for hydroxylation is 5. The lowest BCUT2D eigenvalue weighted by Crippen LogP contribution is -2.20. The second kappa shape index (κ2) is 6.31. The van der Waals surface area contributed by atoms with Gasteiger partial charge in [0.15, 0.2) is 0 Å². The molecule has 24 heavy (non-hydrogen) atoms. The molecule has 0 radical (unpaired) electrons. The number of hydrogen-bond acceptors (Lipinski definition) is 2. The Balaban J connectivity index is 2.01. The lowest BCUT2D eigenvalue weighted by atomic mass is 10.0. The van der Waals surface area contributed by atoms with Crippen LogP contribution < -0.4 is 9.64 Å². The molecule has 1 aliphatic rings. The molecule has 3 nitrogen and oxygen atoms in total. The van der Waals surface area contributed by atoms with Crippen molar-refractivity contribution < 1.29 is 9.31 Å². The van der Waals surface area contributed by atoms with E-state index in [4.69, 9.17) is 4.74 Å². The summed E-state index contributed by atoms with van der Waals surface area (Å²) in [5.41, 5.74) is 9.14. The van der Waals surface area contributed by atoms with Crippen molar-refractivity contribution in [2.24, 2.45) is 0 Å². The van der Waals surface area contributed by atoms with Crippen LogP contribution in [0.5, 0.6) is 5.75 Å². The zero-order valence-corrected chi connectivity index (χ0v) is 15.6. The summed E-state index contributed by atoms with van der Waals surface area (Å²) in [6, 6.07) is 8.76. The van der Waals surface area contributed by atoms with Crippen LogP contribution >= 0.6 is 0 Å². The molecule has 0 N–H and O–H groups in total. The molecule has 1 aliphatic heterocycles. The minimum atomic E-state index is 0.926. The first kappa shape index (κ1) is 16.6. The minimum Gasteiger partial charge on any atom is -0.497 e. The van der Waals surface area contributed by atoms with Crippen LogP contribution in [0.25, 0.3) is 0 Å². The van der Waals surface area contributed by atoms with Crippen LogP contribution in [0, 0.1) is 34.6 Å². The van der Waals surface area contributed by atoms with Crippen molar-refractivity contribution in [3.05, 3.63) is 52.1 Å². The Kier molecular flexibility index (Phi) is 4.35. The molecule has 0 unspecified atom stereocenters.